The molecule has 2 heteroatoms. The molecule has 1 N–H and O–H groups in total. The van der Waals surface area contributed by atoms with Gasteiger partial charge in [0.2, 0.25) is 0 Å². The summed E-state index contributed by atoms with van der Waals surface area (Å²) in [5, 5.41) is 3.34. The van der Waals surface area contributed by atoms with Crippen molar-refractivity contribution in [3.63, 3.8) is 0 Å². The maximum absolute atomic E-state index is 5.97. The fourth-order valence-corrected chi connectivity index (χ4v) is 2.43. The summed E-state index contributed by atoms with van der Waals surface area (Å²) in [5.41, 5.74) is 1.51. The summed E-state index contributed by atoms with van der Waals surface area (Å²) in [6.45, 7) is 5.27. The van der Waals surface area contributed by atoms with E-state index in [1.165, 1.54) is 5.56 Å². The van der Waals surface area contributed by atoms with Crippen LogP contribution in [0.3, 0.4) is 0 Å². The smallest absolute Gasteiger partial charge is 0.0720 e. The van der Waals surface area contributed by atoms with Crippen molar-refractivity contribution in [1.82, 2.24) is 5.32 Å². The lowest BCUT2D eigenvalue weighted by molar-refractivity contribution is -0.123. The molecule has 16 heavy (non-hydrogen) atoms. The first-order valence-corrected chi connectivity index (χ1v) is 5.97. The maximum atomic E-state index is 5.97. The second-order valence-electron chi connectivity index (χ2n) is 5.18. The molecule has 0 saturated heterocycles. The van der Waals surface area contributed by atoms with Crippen molar-refractivity contribution in [2.75, 3.05) is 7.05 Å². The van der Waals surface area contributed by atoms with Gasteiger partial charge in [0.15, 0.2) is 0 Å². The van der Waals surface area contributed by atoms with Gasteiger partial charge in [-0.2, -0.15) is 0 Å². The van der Waals surface area contributed by atoms with Gasteiger partial charge in [-0.3, -0.25) is 0 Å². The molecule has 1 aliphatic carbocycles. The number of ether oxygens (including phenoxy) is 1. The van der Waals surface area contributed by atoms with Crippen molar-refractivity contribution in [2.24, 2.45) is 5.41 Å². The zero-order valence-corrected chi connectivity index (χ0v) is 10.4. The topological polar surface area (TPSA) is 21.3 Å². The Hall–Kier alpha value is -0.860. The van der Waals surface area contributed by atoms with Gasteiger partial charge in [0.1, 0.15) is 0 Å². The standard InChI is InChI=1S/C14H21NO/c1-14(2)12(15-3)9-13(14)16-10-11-7-5-4-6-8-11/h4-8,12-13,15H,9-10H2,1-3H3. The third kappa shape index (κ3) is 2.13. The molecule has 2 rings (SSSR count). The molecular weight excluding hydrogens is 198 g/mol. The molecule has 0 bridgehead atoms. The highest BCUT2D eigenvalue weighted by Gasteiger charge is 2.48. The molecule has 1 saturated carbocycles. The zero-order chi connectivity index (χ0) is 11.6. The Morgan fingerprint density at radius 3 is 2.56 bits per heavy atom. The number of rotatable bonds is 4. The SMILES string of the molecule is CNC1CC(OCc2ccccc2)C1(C)C. The van der Waals surface area contributed by atoms with Crippen LogP contribution in [0, 0.1) is 5.41 Å². The number of nitrogens with one attached hydrogen (secondary N) is 1. The average molecular weight is 219 g/mol. The second kappa shape index (κ2) is 4.56. The van der Waals surface area contributed by atoms with E-state index >= 15 is 0 Å². The Bertz CT molecular complexity index is 334. The lowest BCUT2D eigenvalue weighted by atomic mass is 9.64. The highest BCUT2D eigenvalue weighted by atomic mass is 16.5. The summed E-state index contributed by atoms with van der Waals surface area (Å²) >= 11 is 0. The molecule has 2 unspecified atom stereocenters. The van der Waals surface area contributed by atoms with Gasteiger partial charge in [-0.25, -0.2) is 0 Å². The molecule has 0 amide bonds. The quantitative estimate of drug-likeness (QED) is 0.840. The van der Waals surface area contributed by atoms with Crippen LogP contribution in [-0.2, 0) is 11.3 Å². The van der Waals surface area contributed by atoms with Crippen molar-refractivity contribution in [3.8, 4) is 0 Å². The first-order chi connectivity index (χ1) is 7.64. The van der Waals surface area contributed by atoms with E-state index < -0.39 is 0 Å². The van der Waals surface area contributed by atoms with Crippen LogP contribution in [0.2, 0.25) is 0 Å². The van der Waals surface area contributed by atoms with Gasteiger partial charge in [-0.1, -0.05) is 44.2 Å². The second-order valence-corrected chi connectivity index (χ2v) is 5.18. The van der Waals surface area contributed by atoms with E-state index in [4.69, 9.17) is 4.74 Å². The number of benzene rings is 1. The van der Waals surface area contributed by atoms with Gasteiger partial charge in [0, 0.05) is 11.5 Å². The monoisotopic (exact) mass is 219 g/mol. The third-order valence-electron chi connectivity index (χ3n) is 3.82. The minimum atomic E-state index is 0.254. The van der Waals surface area contributed by atoms with Crippen molar-refractivity contribution < 1.29 is 4.74 Å². The molecule has 88 valence electrons. The van der Waals surface area contributed by atoms with Crippen molar-refractivity contribution in [3.05, 3.63) is 35.9 Å². The van der Waals surface area contributed by atoms with Crippen molar-refractivity contribution in [1.29, 1.82) is 0 Å². The summed E-state index contributed by atoms with van der Waals surface area (Å²) in [4.78, 5) is 0. The van der Waals surface area contributed by atoms with Gasteiger partial charge in [0.25, 0.3) is 0 Å². The average Bonchev–Trinajstić information content (AvgIpc) is 2.29. The Balaban J connectivity index is 1.85. The molecule has 0 spiro atoms. The largest absolute Gasteiger partial charge is 0.373 e. The highest BCUT2D eigenvalue weighted by molar-refractivity contribution is 5.14. The van der Waals surface area contributed by atoms with Gasteiger partial charge >= 0.3 is 0 Å². The molecule has 2 atom stereocenters. The zero-order valence-electron chi connectivity index (χ0n) is 10.4. The van der Waals surface area contributed by atoms with Crippen LogP contribution in [-0.4, -0.2) is 19.2 Å². The summed E-state index contributed by atoms with van der Waals surface area (Å²) < 4.78 is 5.97. The Morgan fingerprint density at radius 2 is 2.00 bits per heavy atom. The molecular formula is C14H21NO. The van der Waals surface area contributed by atoms with Crippen LogP contribution in [0.5, 0.6) is 0 Å². The van der Waals surface area contributed by atoms with Gasteiger partial charge in [0.05, 0.1) is 12.7 Å². The van der Waals surface area contributed by atoms with Gasteiger partial charge < -0.3 is 10.1 Å². The maximum Gasteiger partial charge on any atom is 0.0720 e. The lowest BCUT2D eigenvalue weighted by Gasteiger charge is -2.51. The first-order valence-electron chi connectivity index (χ1n) is 5.97. The molecule has 0 aliphatic heterocycles. The molecule has 1 aromatic rings. The minimum absolute atomic E-state index is 0.254. The normalized spacial score (nSPS) is 27.4. The number of hydrogen-bond donors (Lipinski definition) is 1. The molecule has 1 fully saturated rings. The van der Waals surface area contributed by atoms with Crippen LogP contribution >= 0.6 is 0 Å². The Kier molecular flexibility index (Phi) is 3.31. The van der Waals surface area contributed by atoms with E-state index in [1.54, 1.807) is 0 Å². The van der Waals surface area contributed by atoms with Gasteiger partial charge in [-0.05, 0) is 19.0 Å². The summed E-state index contributed by atoms with van der Waals surface area (Å²) in [6, 6.07) is 11.0. The highest BCUT2D eigenvalue weighted by Crippen LogP contribution is 2.42. The van der Waals surface area contributed by atoms with Crippen LogP contribution in [0.4, 0.5) is 0 Å². The number of hydrogen-bond acceptors (Lipinski definition) is 2. The fourth-order valence-electron chi connectivity index (χ4n) is 2.43. The summed E-state index contributed by atoms with van der Waals surface area (Å²) in [5.74, 6) is 0. The fraction of sp³-hybridized carbons (Fsp3) is 0.571. The molecule has 0 radical (unpaired) electrons. The Labute approximate surface area is 98.0 Å². The molecule has 1 aliphatic rings. The van der Waals surface area contributed by atoms with Crippen molar-refractivity contribution in [2.45, 2.75) is 39.0 Å². The van der Waals surface area contributed by atoms with E-state index in [9.17, 15) is 0 Å². The first kappa shape index (κ1) is 11.6. The molecule has 2 nitrogen and oxygen atoms in total. The molecule has 1 aromatic carbocycles. The van der Waals surface area contributed by atoms with E-state index in [1.807, 2.05) is 13.1 Å². The van der Waals surface area contributed by atoms with E-state index in [2.05, 4.69) is 43.4 Å². The van der Waals surface area contributed by atoms with Crippen LogP contribution < -0.4 is 5.32 Å². The van der Waals surface area contributed by atoms with E-state index in [-0.39, 0.29) is 5.41 Å². The van der Waals surface area contributed by atoms with Crippen LogP contribution in [0.15, 0.2) is 30.3 Å². The summed E-state index contributed by atoms with van der Waals surface area (Å²) in [7, 11) is 2.03. The predicted octanol–water partition coefficient (Wildman–Crippen LogP) is 2.59. The molecule has 0 heterocycles. The third-order valence-corrected chi connectivity index (χ3v) is 3.82. The lowest BCUT2D eigenvalue weighted by Crippen LogP contribution is -2.59. The molecule has 0 aromatic heterocycles. The Morgan fingerprint density at radius 1 is 1.31 bits per heavy atom. The van der Waals surface area contributed by atoms with Gasteiger partial charge in [-0.15, -0.1) is 0 Å². The van der Waals surface area contributed by atoms with E-state index in [0.717, 1.165) is 13.0 Å². The predicted molar refractivity (Wildman–Crippen MR) is 66.3 cm³/mol. The minimum Gasteiger partial charge on any atom is -0.373 e. The van der Waals surface area contributed by atoms with Crippen LogP contribution in [0.25, 0.3) is 0 Å². The summed E-state index contributed by atoms with van der Waals surface area (Å²) in [6.07, 6.45) is 1.50. The van der Waals surface area contributed by atoms with Crippen molar-refractivity contribution >= 4 is 0 Å². The van der Waals surface area contributed by atoms with E-state index in [0.29, 0.717) is 12.1 Å². The van der Waals surface area contributed by atoms with Crippen LogP contribution in [0.1, 0.15) is 25.8 Å².